The van der Waals surface area contributed by atoms with E-state index in [-0.39, 0.29) is 28.7 Å². The molecule has 13 heteroatoms. The Bertz CT molecular complexity index is 1490. The Hall–Kier alpha value is -3.58. The molecule has 3 aromatic rings. The van der Waals surface area contributed by atoms with Gasteiger partial charge in [0.2, 0.25) is 5.95 Å². The molecule has 3 aliphatic heterocycles. The monoisotopic (exact) mass is 599 g/mol. The summed E-state index contributed by atoms with van der Waals surface area (Å²) in [7, 11) is 0. The maximum atomic E-state index is 13.8. The van der Waals surface area contributed by atoms with Crippen LogP contribution in [0.25, 0.3) is 11.0 Å². The van der Waals surface area contributed by atoms with Crippen molar-refractivity contribution < 1.29 is 27.4 Å². The molecule has 43 heavy (non-hydrogen) atoms. The number of aromatic amines is 1. The number of likely N-dealkylation sites (tertiary alicyclic amines) is 1. The van der Waals surface area contributed by atoms with Crippen molar-refractivity contribution in [2.45, 2.75) is 50.7 Å². The fourth-order valence-corrected chi connectivity index (χ4v) is 6.64. The standard InChI is InChI=1S/C30H36F3N7O3/c31-30(32,33)22-17-35-27-24(22)26(34-16-18-2-1-3-18)37-29(38-27)36-23-5-4-21(20-8-13-43-25(20)23)28(41)40-9-6-19(7-10-40)39-11-14-42-15-12-39/h4-5,17-19H,1-3,6-16H2,(H3,34,35,36,37,38). The molecule has 1 amide bonds. The third kappa shape index (κ3) is 5.60. The predicted molar refractivity (Wildman–Crippen MR) is 155 cm³/mol. The minimum atomic E-state index is -4.54. The highest BCUT2D eigenvalue weighted by Crippen LogP contribution is 2.41. The maximum absolute atomic E-state index is 13.8. The number of amides is 1. The zero-order valence-electron chi connectivity index (χ0n) is 23.9. The van der Waals surface area contributed by atoms with E-state index >= 15 is 0 Å². The number of nitrogens with one attached hydrogen (secondary N) is 3. The van der Waals surface area contributed by atoms with E-state index in [0.717, 1.165) is 70.2 Å². The minimum Gasteiger partial charge on any atom is -0.491 e. The third-order valence-corrected chi connectivity index (χ3v) is 9.27. The molecule has 0 radical (unpaired) electrons. The fraction of sp³-hybridized carbons (Fsp3) is 0.567. The molecule has 0 atom stereocenters. The summed E-state index contributed by atoms with van der Waals surface area (Å²) >= 11 is 0. The van der Waals surface area contributed by atoms with E-state index in [1.807, 2.05) is 4.90 Å². The third-order valence-electron chi connectivity index (χ3n) is 9.27. The number of piperidine rings is 1. The number of fused-ring (bicyclic) bond motifs is 2. The number of alkyl halides is 3. The summed E-state index contributed by atoms with van der Waals surface area (Å²) in [6.07, 6.45) is 2.09. The van der Waals surface area contributed by atoms with E-state index in [0.29, 0.717) is 61.6 Å². The maximum Gasteiger partial charge on any atom is 0.418 e. The predicted octanol–water partition coefficient (Wildman–Crippen LogP) is 4.80. The Morgan fingerprint density at radius 1 is 1.05 bits per heavy atom. The Morgan fingerprint density at radius 2 is 1.84 bits per heavy atom. The second-order valence-electron chi connectivity index (χ2n) is 11.9. The lowest BCUT2D eigenvalue weighted by atomic mass is 9.85. The van der Waals surface area contributed by atoms with E-state index < -0.39 is 11.7 Å². The second-order valence-corrected chi connectivity index (χ2v) is 11.9. The van der Waals surface area contributed by atoms with Crippen molar-refractivity contribution in [2.75, 3.05) is 63.2 Å². The number of carbonyl (C=O) groups is 1. The van der Waals surface area contributed by atoms with Crippen LogP contribution in [-0.4, -0.2) is 89.2 Å². The molecule has 10 nitrogen and oxygen atoms in total. The first kappa shape index (κ1) is 28.2. The van der Waals surface area contributed by atoms with Crippen molar-refractivity contribution in [3.8, 4) is 5.75 Å². The van der Waals surface area contributed by atoms with Crippen molar-refractivity contribution >= 4 is 34.4 Å². The molecule has 1 aliphatic carbocycles. The van der Waals surface area contributed by atoms with Crippen molar-refractivity contribution in [3.63, 3.8) is 0 Å². The van der Waals surface area contributed by atoms with Gasteiger partial charge in [0, 0.05) is 62.5 Å². The number of ether oxygens (including phenoxy) is 2. The van der Waals surface area contributed by atoms with Crippen LogP contribution in [0.2, 0.25) is 0 Å². The van der Waals surface area contributed by atoms with Gasteiger partial charge < -0.3 is 30.0 Å². The average Bonchev–Trinajstić information content (AvgIpc) is 3.65. The molecule has 5 heterocycles. The van der Waals surface area contributed by atoms with Crippen LogP contribution in [0.3, 0.4) is 0 Å². The van der Waals surface area contributed by atoms with Gasteiger partial charge in [-0.2, -0.15) is 23.1 Å². The molecule has 0 bridgehead atoms. The zero-order valence-corrected chi connectivity index (χ0v) is 23.9. The molecular weight excluding hydrogens is 563 g/mol. The van der Waals surface area contributed by atoms with E-state index in [1.165, 1.54) is 0 Å². The van der Waals surface area contributed by atoms with Crippen molar-refractivity contribution in [1.82, 2.24) is 24.8 Å². The van der Waals surface area contributed by atoms with Gasteiger partial charge in [0.05, 0.1) is 36.5 Å². The fourth-order valence-electron chi connectivity index (χ4n) is 6.64. The number of H-pyrrole nitrogens is 1. The first-order chi connectivity index (χ1) is 20.8. The normalized spacial score (nSPS) is 20.1. The van der Waals surface area contributed by atoms with Crippen LogP contribution in [0.15, 0.2) is 18.3 Å². The first-order valence-electron chi connectivity index (χ1n) is 15.2. The van der Waals surface area contributed by atoms with Crippen molar-refractivity contribution in [1.29, 1.82) is 0 Å². The summed E-state index contributed by atoms with van der Waals surface area (Å²) in [5.41, 5.74) is 1.31. The molecule has 2 aromatic heterocycles. The molecule has 0 spiro atoms. The topological polar surface area (TPSA) is 108 Å². The summed E-state index contributed by atoms with van der Waals surface area (Å²) in [5.74, 6) is 1.25. The van der Waals surface area contributed by atoms with E-state index in [2.05, 4.69) is 30.5 Å². The number of nitrogens with zero attached hydrogens (tertiary/aromatic N) is 4. The quantitative estimate of drug-likeness (QED) is 0.356. The summed E-state index contributed by atoms with van der Waals surface area (Å²) in [6, 6.07) is 4.05. The molecule has 230 valence electrons. The van der Waals surface area contributed by atoms with Gasteiger partial charge in [-0.25, -0.2) is 0 Å². The number of carbonyl (C=O) groups excluding carboxylic acids is 1. The smallest absolute Gasteiger partial charge is 0.418 e. The molecule has 2 saturated heterocycles. The number of rotatable bonds is 7. The van der Waals surface area contributed by atoms with Crippen LogP contribution in [0.4, 0.5) is 30.6 Å². The van der Waals surface area contributed by atoms with Crippen molar-refractivity contribution in [3.05, 3.63) is 35.0 Å². The number of aromatic nitrogens is 3. The Balaban J connectivity index is 1.11. The Kier molecular flexibility index (Phi) is 7.54. The Morgan fingerprint density at radius 3 is 2.56 bits per heavy atom. The van der Waals surface area contributed by atoms with Crippen LogP contribution >= 0.6 is 0 Å². The zero-order chi connectivity index (χ0) is 29.6. The lowest BCUT2D eigenvalue weighted by Crippen LogP contribution is -2.50. The highest BCUT2D eigenvalue weighted by Gasteiger charge is 2.36. The van der Waals surface area contributed by atoms with Gasteiger partial charge in [0.15, 0.2) is 0 Å². The summed E-state index contributed by atoms with van der Waals surface area (Å²) in [6.45, 7) is 5.82. The molecule has 1 saturated carbocycles. The van der Waals surface area contributed by atoms with Crippen LogP contribution in [0.1, 0.15) is 53.6 Å². The minimum absolute atomic E-state index is 0.0000525. The van der Waals surface area contributed by atoms with Gasteiger partial charge in [-0.3, -0.25) is 9.69 Å². The number of hydrogen-bond donors (Lipinski definition) is 3. The summed E-state index contributed by atoms with van der Waals surface area (Å²) in [5, 5.41) is 6.24. The number of morpholine rings is 1. The lowest BCUT2D eigenvalue weighted by Gasteiger charge is -2.40. The number of halogens is 3. The van der Waals surface area contributed by atoms with E-state index in [1.54, 1.807) is 12.1 Å². The van der Waals surface area contributed by atoms with Gasteiger partial charge in [0.25, 0.3) is 5.91 Å². The van der Waals surface area contributed by atoms with Crippen LogP contribution in [-0.2, 0) is 17.3 Å². The number of anilines is 3. The van der Waals surface area contributed by atoms with Gasteiger partial charge in [0.1, 0.15) is 17.2 Å². The van der Waals surface area contributed by atoms with Crippen molar-refractivity contribution in [2.24, 2.45) is 5.92 Å². The second kappa shape index (κ2) is 11.5. The summed E-state index contributed by atoms with van der Waals surface area (Å²) < 4.78 is 52.8. The Labute approximate surface area is 247 Å². The highest BCUT2D eigenvalue weighted by atomic mass is 19.4. The summed E-state index contributed by atoms with van der Waals surface area (Å²) in [4.78, 5) is 29.6. The van der Waals surface area contributed by atoms with Gasteiger partial charge in [-0.15, -0.1) is 0 Å². The molecule has 7 rings (SSSR count). The van der Waals surface area contributed by atoms with E-state index in [9.17, 15) is 18.0 Å². The first-order valence-corrected chi connectivity index (χ1v) is 15.2. The van der Waals surface area contributed by atoms with Gasteiger partial charge >= 0.3 is 6.18 Å². The average molecular weight is 600 g/mol. The highest BCUT2D eigenvalue weighted by molar-refractivity contribution is 5.98. The van der Waals surface area contributed by atoms with Crippen LogP contribution in [0.5, 0.6) is 5.75 Å². The van der Waals surface area contributed by atoms with Gasteiger partial charge in [-0.1, -0.05) is 6.42 Å². The van der Waals surface area contributed by atoms with E-state index in [4.69, 9.17) is 9.47 Å². The largest absolute Gasteiger partial charge is 0.491 e. The molecule has 3 fully saturated rings. The molecule has 3 N–H and O–H groups in total. The van der Waals surface area contributed by atoms with Crippen LogP contribution < -0.4 is 15.4 Å². The number of hydrogen-bond acceptors (Lipinski definition) is 8. The molecule has 4 aliphatic rings. The molecule has 1 aromatic carbocycles. The van der Waals surface area contributed by atoms with Crippen LogP contribution in [0, 0.1) is 5.92 Å². The van der Waals surface area contributed by atoms with Gasteiger partial charge in [-0.05, 0) is 43.7 Å². The lowest BCUT2D eigenvalue weighted by molar-refractivity contribution is -0.136. The number of benzene rings is 1. The molecular formula is C30H36F3N7O3. The SMILES string of the molecule is O=C(c1ccc(Nc2nc(NCC3CCC3)c3c(C(F)(F)F)c[nH]c3n2)c2c1CCO2)N1CCC(N2CCOCC2)CC1. The molecule has 0 unspecified atom stereocenters.